The highest BCUT2D eigenvalue weighted by Gasteiger charge is 2.38. The van der Waals surface area contributed by atoms with Crippen LogP contribution in [0.2, 0.25) is 0 Å². The Balaban J connectivity index is 1.71. The second kappa shape index (κ2) is 8.26. The van der Waals surface area contributed by atoms with Crippen molar-refractivity contribution in [3.8, 4) is 5.75 Å². The predicted molar refractivity (Wildman–Crippen MR) is 114 cm³/mol. The summed E-state index contributed by atoms with van der Waals surface area (Å²) in [6, 6.07) is 13.7. The molecule has 4 atom stereocenters. The minimum absolute atomic E-state index is 0.0326. The lowest BCUT2D eigenvalue weighted by Crippen LogP contribution is -2.44. The van der Waals surface area contributed by atoms with Gasteiger partial charge in [-0.2, -0.15) is 0 Å². The predicted octanol–water partition coefficient (Wildman–Crippen LogP) is 3.38. The van der Waals surface area contributed by atoms with Crippen molar-refractivity contribution in [2.75, 3.05) is 6.61 Å². The zero-order valence-electron chi connectivity index (χ0n) is 15.9. The van der Waals surface area contributed by atoms with Gasteiger partial charge in [-0.3, -0.25) is 0 Å². The molecule has 2 aromatic carbocycles. The van der Waals surface area contributed by atoms with E-state index in [2.05, 4.69) is 24.8 Å². The average molecular weight is 413 g/mol. The minimum atomic E-state index is -1.18. The van der Waals surface area contributed by atoms with Gasteiger partial charge in [0.1, 0.15) is 18.0 Å². The Morgan fingerprint density at radius 3 is 2.69 bits per heavy atom. The number of fused-ring (bicyclic) bond motifs is 1. The van der Waals surface area contributed by atoms with E-state index in [1.807, 2.05) is 12.1 Å². The molecule has 0 bridgehead atoms. The third-order valence-corrected chi connectivity index (χ3v) is 6.52. The van der Waals surface area contributed by atoms with Crippen molar-refractivity contribution in [1.29, 1.82) is 0 Å². The fraction of sp³-hybridized carbons (Fsp3) is 0.304. The first-order valence-corrected chi connectivity index (χ1v) is 10.4. The molecule has 4 N–H and O–H groups in total. The van der Waals surface area contributed by atoms with E-state index >= 15 is 0 Å². The fourth-order valence-electron chi connectivity index (χ4n) is 3.88. The Hall–Kier alpha value is -2.22. The molecule has 1 aliphatic heterocycles. The Labute approximate surface area is 173 Å². The van der Waals surface area contributed by atoms with Gasteiger partial charge in [0.2, 0.25) is 0 Å². The summed E-state index contributed by atoms with van der Waals surface area (Å²) in [4.78, 5) is 1.17. The van der Waals surface area contributed by atoms with Gasteiger partial charge in [0, 0.05) is 28.0 Å². The summed E-state index contributed by atoms with van der Waals surface area (Å²) < 4.78 is 6.98. The molecule has 1 aliphatic rings. The first kappa shape index (κ1) is 20.1. The van der Waals surface area contributed by atoms with Crippen LogP contribution in [0.25, 0.3) is 16.2 Å². The van der Waals surface area contributed by atoms with E-state index in [0.29, 0.717) is 12.0 Å². The molecule has 0 saturated carbocycles. The van der Waals surface area contributed by atoms with Crippen molar-refractivity contribution in [2.24, 2.45) is 0 Å². The molecule has 1 saturated heterocycles. The number of hydrogen-bond donors (Lipinski definition) is 4. The quantitative estimate of drug-likeness (QED) is 0.516. The molecule has 152 valence electrons. The van der Waals surface area contributed by atoms with E-state index in [4.69, 9.17) is 4.74 Å². The van der Waals surface area contributed by atoms with Gasteiger partial charge in [-0.05, 0) is 40.8 Å². The number of rotatable bonds is 5. The van der Waals surface area contributed by atoms with Crippen LogP contribution in [0.1, 0.15) is 34.1 Å². The number of hydrogen-bond acceptors (Lipinski definition) is 6. The van der Waals surface area contributed by atoms with Gasteiger partial charge in [-0.1, -0.05) is 30.9 Å². The zero-order chi connectivity index (χ0) is 20.5. The number of aliphatic hydroxyl groups is 3. The van der Waals surface area contributed by atoms with Gasteiger partial charge in [-0.25, -0.2) is 0 Å². The van der Waals surface area contributed by atoms with Crippen LogP contribution in [0.5, 0.6) is 5.75 Å². The highest BCUT2D eigenvalue weighted by Crippen LogP contribution is 2.39. The lowest BCUT2D eigenvalue weighted by Gasteiger charge is -2.37. The topological polar surface area (TPSA) is 90.2 Å². The lowest BCUT2D eigenvalue weighted by molar-refractivity contribution is -0.180. The van der Waals surface area contributed by atoms with Crippen molar-refractivity contribution in [1.82, 2.24) is 0 Å². The molecule has 4 unspecified atom stereocenters. The van der Waals surface area contributed by atoms with E-state index in [1.165, 1.54) is 15.0 Å². The molecule has 1 fully saturated rings. The second-order valence-corrected chi connectivity index (χ2v) is 8.56. The molecule has 0 aliphatic carbocycles. The van der Waals surface area contributed by atoms with Crippen molar-refractivity contribution in [3.63, 3.8) is 0 Å². The lowest BCUT2D eigenvalue weighted by atomic mass is 9.90. The molecule has 5 nitrogen and oxygen atoms in total. The number of aliphatic hydroxyl groups excluding tert-OH is 3. The van der Waals surface area contributed by atoms with Crippen LogP contribution in [-0.2, 0) is 11.2 Å². The van der Waals surface area contributed by atoms with Crippen molar-refractivity contribution >= 4 is 27.5 Å². The number of ether oxygens (including phenoxy) is 1. The summed E-state index contributed by atoms with van der Waals surface area (Å²) >= 11 is 1.71. The van der Waals surface area contributed by atoms with Gasteiger partial charge in [-0.15, -0.1) is 11.3 Å². The molecule has 4 rings (SSSR count). The largest absolute Gasteiger partial charge is 0.508 e. The molecule has 3 aromatic rings. The molecule has 0 amide bonds. The molecular weight excluding hydrogens is 388 g/mol. The Kier molecular flexibility index (Phi) is 5.72. The van der Waals surface area contributed by atoms with Crippen molar-refractivity contribution < 1.29 is 25.2 Å². The molecule has 0 spiro atoms. The third kappa shape index (κ3) is 3.95. The minimum Gasteiger partial charge on any atom is -0.508 e. The summed E-state index contributed by atoms with van der Waals surface area (Å²) in [6.45, 7) is 3.59. The first-order chi connectivity index (χ1) is 14.0. The summed E-state index contributed by atoms with van der Waals surface area (Å²) in [5.74, 6) is -0.0326. The highest BCUT2D eigenvalue weighted by molar-refractivity contribution is 7.19. The number of phenolic OH excluding ortho intramolecular Hbond substituents is 1. The maximum Gasteiger partial charge on any atom is 0.122 e. The van der Waals surface area contributed by atoms with Crippen LogP contribution in [0.4, 0.5) is 0 Å². The second-order valence-electron chi connectivity index (χ2n) is 7.40. The highest BCUT2D eigenvalue weighted by atomic mass is 32.1. The normalized spacial score (nSPS) is 24.7. The Morgan fingerprint density at radius 1 is 1.17 bits per heavy atom. The van der Waals surface area contributed by atoms with Crippen molar-refractivity contribution in [3.05, 3.63) is 70.6 Å². The molecule has 29 heavy (non-hydrogen) atoms. The van der Waals surface area contributed by atoms with Crippen LogP contribution in [0.15, 0.2) is 49.0 Å². The van der Waals surface area contributed by atoms with Gasteiger partial charge in [0.15, 0.2) is 0 Å². The number of aromatic hydroxyl groups is 1. The van der Waals surface area contributed by atoms with Crippen LogP contribution < -0.4 is 0 Å². The average Bonchev–Trinajstić information content (AvgIpc) is 3.13. The summed E-state index contributed by atoms with van der Waals surface area (Å²) in [6.07, 6.45) is -1.25. The maximum absolute atomic E-state index is 10.6. The Morgan fingerprint density at radius 2 is 1.97 bits per heavy atom. The van der Waals surface area contributed by atoms with Gasteiger partial charge < -0.3 is 25.2 Å². The Bertz CT molecular complexity index is 994. The van der Waals surface area contributed by atoms with E-state index in [-0.39, 0.29) is 18.8 Å². The van der Waals surface area contributed by atoms with Crippen LogP contribution in [0, 0.1) is 0 Å². The van der Waals surface area contributed by atoms with E-state index in [0.717, 1.165) is 11.1 Å². The van der Waals surface area contributed by atoms with Gasteiger partial charge in [0.05, 0.1) is 18.8 Å². The molecule has 1 aromatic heterocycles. The maximum atomic E-state index is 10.6. The summed E-state index contributed by atoms with van der Waals surface area (Å²) in [5, 5.41) is 41.8. The molecule has 0 radical (unpaired) electrons. The fourth-order valence-corrected chi connectivity index (χ4v) is 4.97. The monoisotopic (exact) mass is 412 g/mol. The summed E-state index contributed by atoms with van der Waals surface area (Å²) in [7, 11) is 0. The van der Waals surface area contributed by atoms with E-state index in [1.54, 1.807) is 29.5 Å². The SMILES string of the molecule is C=Cc1cc(O)c(C2OC(CO)CC(O)C2O)cc1Cc1cc2ccccc2s1. The molecular formula is C23H24O5S. The molecule has 2 heterocycles. The summed E-state index contributed by atoms with van der Waals surface area (Å²) in [5.41, 5.74) is 2.14. The zero-order valence-corrected chi connectivity index (χ0v) is 16.7. The van der Waals surface area contributed by atoms with E-state index in [9.17, 15) is 20.4 Å². The number of thiophene rings is 1. The van der Waals surface area contributed by atoms with Gasteiger partial charge >= 0.3 is 0 Å². The van der Waals surface area contributed by atoms with Crippen LogP contribution in [-0.4, -0.2) is 45.3 Å². The smallest absolute Gasteiger partial charge is 0.122 e. The first-order valence-electron chi connectivity index (χ1n) is 9.58. The van der Waals surface area contributed by atoms with E-state index < -0.39 is 24.4 Å². The van der Waals surface area contributed by atoms with Crippen molar-refractivity contribution in [2.45, 2.75) is 37.3 Å². The van der Waals surface area contributed by atoms with Crippen LogP contribution in [0.3, 0.4) is 0 Å². The molecule has 6 heteroatoms. The third-order valence-electron chi connectivity index (χ3n) is 5.41. The number of phenols is 1. The number of benzene rings is 2. The van der Waals surface area contributed by atoms with Gasteiger partial charge in [0.25, 0.3) is 0 Å². The van der Waals surface area contributed by atoms with Crippen LogP contribution >= 0.6 is 11.3 Å². The standard InChI is InChI=1S/C23H24O5S/c1-2-13-10-19(25)18(23-22(27)20(26)11-16(12-24)28-23)9-15(13)8-17-7-14-5-3-4-6-21(14)29-17/h2-7,9-10,16,20,22-27H,1,8,11-12H2.